The van der Waals surface area contributed by atoms with Gasteiger partial charge in [-0.25, -0.2) is 4.79 Å². The van der Waals surface area contributed by atoms with Gasteiger partial charge in [0.1, 0.15) is 0 Å². The van der Waals surface area contributed by atoms with Crippen LogP contribution in [0, 0.1) is 0 Å². The number of carbonyl (C=O) groups excluding carboxylic acids is 1. The molecule has 0 bridgehead atoms. The van der Waals surface area contributed by atoms with Crippen molar-refractivity contribution >= 4 is 11.7 Å². The second-order valence-electron chi connectivity index (χ2n) is 4.62. The molecule has 1 aromatic carbocycles. The smallest absolute Gasteiger partial charge is 0.321 e. The number of anilines is 1. The maximum atomic E-state index is 12.2. The van der Waals surface area contributed by atoms with Crippen LogP contribution in [-0.2, 0) is 6.42 Å². The van der Waals surface area contributed by atoms with Crippen LogP contribution in [0.15, 0.2) is 54.9 Å². The van der Waals surface area contributed by atoms with Crippen LogP contribution in [0.25, 0.3) is 0 Å². The number of nitrogens with zero attached hydrogens (tertiary/aromatic N) is 2. The standard InChI is InChI=1S/C16H19N3O2/c20-12-11-19(10-8-14-5-2-1-3-6-14)16(21)18-15-7-4-9-17-13-15/h1-7,9,13,20H,8,10-12H2,(H,18,21). The van der Waals surface area contributed by atoms with Crippen molar-refractivity contribution < 1.29 is 9.90 Å². The number of aliphatic hydroxyl groups excluding tert-OH is 1. The fraction of sp³-hybridized carbons (Fsp3) is 0.250. The lowest BCUT2D eigenvalue weighted by Gasteiger charge is -2.22. The molecule has 5 nitrogen and oxygen atoms in total. The molecular formula is C16H19N3O2. The Labute approximate surface area is 124 Å². The number of carbonyl (C=O) groups is 1. The Hall–Kier alpha value is -2.40. The van der Waals surface area contributed by atoms with Crippen molar-refractivity contribution in [2.75, 3.05) is 25.0 Å². The minimum atomic E-state index is -0.229. The summed E-state index contributed by atoms with van der Waals surface area (Å²) in [5.41, 5.74) is 1.81. The molecule has 21 heavy (non-hydrogen) atoms. The lowest BCUT2D eigenvalue weighted by molar-refractivity contribution is 0.189. The minimum Gasteiger partial charge on any atom is -0.395 e. The highest BCUT2D eigenvalue weighted by atomic mass is 16.3. The number of urea groups is 1. The van der Waals surface area contributed by atoms with Crippen LogP contribution in [0.1, 0.15) is 5.56 Å². The van der Waals surface area contributed by atoms with Gasteiger partial charge in [-0.2, -0.15) is 0 Å². The van der Waals surface area contributed by atoms with E-state index in [-0.39, 0.29) is 12.6 Å². The predicted molar refractivity (Wildman–Crippen MR) is 82.1 cm³/mol. The second kappa shape index (κ2) is 8.01. The second-order valence-corrected chi connectivity index (χ2v) is 4.62. The molecule has 110 valence electrons. The maximum absolute atomic E-state index is 12.2. The van der Waals surface area contributed by atoms with Crippen LogP contribution in [0.5, 0.6) is 0 Å². The molecule has 0 saturated carbocycles. The Kier molecular flexibility index (Phi) is 5.72. The van der Waals surface area contributed by atoms with Crippen molar-refractivity contribution in [2.45, 2.75) is 6.42 Å². The summed E-state index contributed by atoms with van der Waals surface area (Å²) in [6.45, 7) is 0.796. The number of aliphatic hydroxyl groups is 1. The SMILES string of the molecule is O=C(Nc1cccnc1)N(CCO)CCc1ccccc1. The van der Waals surface area contributed by atoms with Gasteiger partial charge in [0, 0.05) is 19.3 Å². The van der Waals surface area contributed by atoms with Crippen LogP contribution in [0.2, 0.25) is 0 Å². The van der Waals surface area contributed by atoms with E-state index in [1.165, 1.54) is 0 Å². The van der Waals surface area contributed by atoms with Crippen LogP contribution in [-0.4, -0.2) is 40.7 Å². The van der Waals surface area contributed by atoms with Crippen LogP contribution >= 0.6 is 0 Å². The van der Waals surface area contributed by atoms with E-state index in [2.05, 4.69) is 10.3 Å². The largest absolute Gasteiger partial charge is 0.395 e. The van der Waals surface area contributed by atoms with E-state index in [9.17, 15) is 4.79 Å². The van der Waals surface area contributed by atoms with E-state index in [1.807, 2.05) is 30.3 Å². The number of rotatable bonds is 6. The Morgan fingerprint density at radius 3 is 2.62 bits per heavy atom. The van der Waals surface area contributed by atoms with Crippen LogP contribution in [0.4, 0.5) is 10.5 Å². The van der Waals surface area contributed by atoms with Gasteiger partial charge in [-0.1, -0.05) is 30.3 Å². The average molecular weight is 285 g/mol. The lowest BCUT2D eigenvalue weighted by atomic mass is 10.1. The molecule has 0 unspecified atom stereocenters. The van der Waals surface area contributed by atoms with Gasteiger partial charge in [0.25, 0.3) is 0 Å². The molecule has 2 N–H and O–H groups in total. The van der Waals surface area contributed by atoms with Crippen molar-refractivity contribution in [3.05, 3.63) is 60.4 Å². The third kappa shape index (κ3) is 4.89. The Morgan fingerprint density at radius 2 is 1.95 bits per heavy atom. The number of aromatic nitrogens is 1. The summed E-state index contributed by atoms with van der Waals surface area (Å²) in [5.74, 6) is 0. The van der Waals surface area contributed by atoms with Crippen LogP contribution in [0.3, 0.4) is 0 Å². The molecule has 2 rings (SSSR count). The normalized spacial score (nSPS) is 10.1. The molecule has 2 amide bonds. The average Bonchev–Trinajstić information content (AvgIpc) is 2.53. The fourth-order valence-corrected chi connectivity index (χ4v) is 1.98. The quantitative estimate of drug-likeness (QED) is 0.854. The molecular weight excluding hydrogens is 266 g/mol. The van der Waals surface area contributed by atoms with Crippen molar-refractivity contribution in [3.8, 4) is 0 Å². The molecule has 5 heteroatoms. The molecule has 2 aromatic rings. The zero-order valence-corrected chi connectivity index (χ0v) is 11.8. The van der Waals surface area contributed by atoms with E-state index < -0.39 is 0 Å². The molecule has 0 atom stereocenters. The van der Waals surface area contributed by atoms with E-state index in [1.54, 1.807) is 29.4 Å². The number of benzene rings is 1. The zero-order valence-electron chi connectivity index (χ0n) is 11.8. The number of nitrogens with one attached hydrogen (secondary N) is 1. The molecule has 0 saturated heterocycles. The molecule has 0 aliphatic heterocycles. The molecule has 1 aromatic heterocycles. The minimum absolute atomic E-state index is 0.0603. The highest BCUT2D eigenvalue weighted by Gasteiger charge is 2.13. The van der Waals surface area contributed by atoms with E-state index in [4.69, 9.17) is 5.11 Å². The van der Waals surface area contributed by atoms with Crippen molar-refractivity contribution in [3.63, 3.8) is 0 Å². The van der Waals surface area contributed by atoms with Gasteiger partial charge >= 0.3 is 6.03 Å². The first-order chi connectivity index (χ1) is 10.3. The van der Waals surface area contributed by atoms with Crippen molar-refractivity contribution in [1.82, 2.24) is 9.88 Å². The summed E-state index contributed by atoms with van der Waals surface area (Å²) in [5, 5.41) is 11.9. The van der Waals surface area contributed by atoms with Gasteiger partial charge in [0.05, 0.1) is 18.5 Å². The summed E-state index contributed by atoms with van der Waals surface area (Å²) in [4.78, 5) is 17.8. The molecule has 0 aliphatic rings. The fourth-order valence-electron chi connectivity index (χ4n) is 1.98. The van der Waals surface area contributed by atoms with Gasteiger partial charge in [0.15, 0.2) is 0 Å². The summed E-state index contributed by atoms with van der Waals surface area (Å²) in [6.07, 6.45) is 3.99. The molecule has 0 fully saturated rings. The summed E-state index contributed by atoms with van der Waals surface area (Å²) in [7, 11) is 0. The van der Waals surface area contributed by atoms with E-state index in [0.717, 1.165) is 12.0 Å². The topological polar surface area (TPSA) is 65.5 Å². The first-order valence-electron chi connectivity index (χ1n) is 6.90. The lowest BCUT2D eigenvalue weighted by Crippen LogP contribution is -2.38. The third-order valence-corrected chi connectivity index (χ3v) is 3.08. The van der Waals surface area contributed by atoms with Gasteiger partial charge in [-0.05, 0) is 24.1 Å². The van der Waals surface area contributed by atoms with Gasteiger partial charge in [-0.15, -0.1) is 0 Å². The monoisotopic (exact) mass is 285 g/mol. The number of pyridine rings is 1. The summed E-state index contributed by atoms with van der Waals surface area (Å²) < 4.78 is 0. The number of amides is 2. The van der Waals surface area contributed by atoms with Crippen molar-refractivity contribution in [1.29, 1.82) is 0 Å². The zero-order chi connectivity index (χ0) is 14.9. The van der Waals surface area contributed by atoms with Crippen LogP contribution < -0.4 is 5.32 Å². The number of hydrogen-bond acceptors (Lipinski definition) is 3. The first kappa shape index (κ1) is 15.0. The van der Waals surface area contributed by atoms with Gasteiger partial charge in [-0.3, -0.25) is 4.98 Å². The molecule has 1 heterocycles. The first-order valence-corrected chi connectivity index (χ1v) is 6.90. The predicted octanol–water partition coefficient (Wildman–Crippen LogP) is 2.15. The summed E-state index contributed by atoms with van der Waals surface area (Å²) in [6, 6.07) is 13.3. The Bertz CT molecular complexity index is 546. The van der Waals surface area contributed by atoms with Gasteiger partial charge < -0.3 is 15.3 Å². The van der Waals surface area contributed by atoms with E-state index >= 15 is 0 Å². The third-order valence-electron chi connectivity index (χ3n) is 3.08. The molecule has 0 radical (unpaired) electrons. The number of hydrogen-bond donors (Lipinski definition) is 2. The highest BCUT2D eigenvalue weighted by Crippen LogP contribution is 2.06. The highest BCUT2D eigenvalue weighted by molar-refractivity contribution is 5.89. The van der Waals surface area contributed by atoms with Crippen molar-refractivity contribution in [2.24, 2.45) is 0 Å². The Morgan fingerprint density at radius 1 is 1.14 bits per heavy atom. The maximum Gasteiger partial charge on any atom is 0.321 e. The Balaban J connectivity index is 1.93. The molecule has 0 aliphatic carbocycles. The van der Waals surface area contributed by atoms with Gasteiger partial charge in [0.2, 0.25) is 0 Å². The summed E-state index contributed by atoms with van der Waals surface area (Å²) >= 11 is 0. The van der Waals surface area contributed by atoms with E-state index in [0.29, 0.717) is 18.8 Å². The molecule has 0 spiro atoms.